The van der Waals surface area contributed by atoms with Crippen molar-refractivity contribution in [3.05, 3.63) is 75.8 Å². The first-order valence-electron chi connectivity index (χ1n) is 5.99. The third-order valence-electron chi connectivity index (χ3n) is 2.63. The lowest BCUT2D eigenvalue weighted by atomic mass is 10.2. The maximum atomic E-state index is 11.6. The largest absolute Gasteiger partial charge is 0.458 e. The Morgan fingerprint density at radius 2 is 1.65 bits per heavy atom. The van der Waals surface area contributed by atoms with Crippen LogP contribution >= 0.6 is 23.2 Å². The summed E-state index contributed by atoms with van der Waals surface area (Å²) in [7, 11) is 0. The molecule has 0 aliphatic carbocycles. The third-order valence-corrected chi connectivity index (χ3v) is 3.34. The van der Waals surface area contributed by atoms with E-state index < -0.39 is 5.97 Å². The van der Waals surface area contributed by atoms with E-state index in [9.17, 15) is 4.79 Å². The van der Waals surface area contributed by atoms with E-state index in [4.69, 9.17) is 27.9 Å². The van der Waals surface area contributed by atoms with Crippen LogP contribution in [0.2, 0.25) is 10.0 Å². The van der Waals surface area contributed by atoms with Gasteiger partial charge in [0.15, 0.2) is 0 Å². The van der Waals surface area contributed by atoms with E-state index >= 15 is 0 Å². The van der Waals surface area contributed by atoms with Gasteiger partial charge in [0, 0.05) is 21.7 Å². The summed E-state index contributed by atoms with van der Waals surface area (Å²) < 4.78 is 5.12. The molecule has 2 aromatic rings. The second kappa shape index (κ2) is 7.13. The highest BCUT2D eigenvalue weighted by Crippen LogP contribution is 2.24. The Bertz CT molecular complexity index is 601. The molecular formula is C16H12Cl2O2. The zero-order valence-electron chi connectivity index (χ0n) is 10.6. The highest BCUT2D eigenvalue weighted by molar-refractivity contribution is 6.35. The highest BCUT2D eigenvalue weighted by atomic mass is 35.5. The van der Waals surface area contributed by atoms with Gasteiger partial charge < -0.3 is 4.74 Å². The van der Waals surface area contributed by atoms with Crippen LogP contribution in [0.3, 0.4) is 0 Å². The highest BCUT2D eigenvalue weighted by Gasteiger charge is 2.07. The van der Waals surface area contributed by atoms with Crippen LogP contribution in [0.25, 0.3) is 6.08 Å². The normalized spacial score (nSPS) is 10.7. The number of esters is 1. The molecule has 2 aromatic carbocycles. The van der Waals surface area contributed by atoms with E-state index in [-0.39, 0.29) is 6.61 Å². The monoisotopic (exact) mass is 306 g/mol. The number of carbonyl (C=O) groups is 1. The Hall–Kier alpha value is -1.77. The van der Waals surface area contributed by atoms with Gasteiger partial charge in [-0.05, 0) is 23.8 Å². The maximum Gasteiger partial charge on any atom is 0.331 e. The first-order valence-corrected chi connectivity index (χ1v) is 6.75. The van der Waals surface area contributed by atoms with Crippen LogP contribution < -0.4 is 0 Å². The molecule has 0 fully saturated rings. The SMILES string of the molecule is O=C(/C=C/c1ccccc1)OCc1c(Cl)cccc1Cl. The summed E-state index contributed by atoms with van der Waals surface area (Å²) in [5.74, 6) is -0.440. The van der Waals surface area contributed by atoms with Crippen LogP contribution in [0.5, 0.6) is 0 Å². The fourth-order valence-corrected chi connectivity index (χ4v) is 2.10. The van der Waals surface area contributed by atoms with Gasteiger partial charge in [-0.2, -0.15) is 0 Å². The van der Waals surface area contributed by atoms with Crippen LogP contribution in [0.15, 0.2) is 54.6 Å². The minimum atomic E-state index is -0.440. The molecule has 0 spiro atoms. The lowest BCUT2D eigenvalue weighted by molar-refractivity contribution is -0.138. The molecule has 0 saturated carbocycles. The summed E-state index contributed by atoms with van der Waals surface area (Å²) in [6, 6.07) is 14.7. The Morgan fingerprint density at radius 3 is 2.30 bits per heavy atom. The topological polar surface area (TPSA) is 26.3 Å². The number of benzene rings is 2. The molecule has 4 heteroatoms. The number of carbonyl (C=O) groups excluding carboxylic acids is 1. The zero-order chi connectivity index (χ0) is 14.4. The van der Waals surface area contributed by atoms with Crippen LogP contribution in [-0.4, -0.2) is 5.97 Å². The summed E-state index contributed by atoms with van der Waals surface area (Å²) in [6.07, 6.45) is 3.07. The average Bonchev–Trinajstić information content (AvgIpc) is 2.46. The Labute approximate surface area is 127 Å². The average molecular weight is 307 g/mol. The summed E-state index contributed by atoms with van der Waals surface area (Å²) in [5, 5.41) is 0.967. The molecule has 2 rings (SSSR count). The van der Waals surface area contributed by atoms with Gasteiger partial charge in [0.1, 0.15) is 6.61 Å². The summed E-state index contributed by atoms with van der Waals surface area (Å²) in [6.45, 7) is 0.0521. The molecule has 2 nitrogen and oxygen atoms in total. The molecule has 20 heavy (non-hydrogen) atoms. The van der Waals surface area contributed by atoms with E-state index in [0.717, 1.165) is 5.56 Å². The fourth-order valence-electron chi connectivity index (χ4n) is 1.59. The molecule has 0 heterocycles. The maximum absolute atomic E-state index is 11.6. The zero-order valence-corrected chi connectivity index (χ0v) is 12.1. The van der Waals surface area contributed by atoms with Crippen molar-refractivity contribution in [2.45, 2.75) is 6.61 Å². The second-order valence-corrected chi connectivity index (χ2v) is 4.87. The van der Waals surface area contributed by atoms with Crippen molar-refractivity contribution in [3.63, 3.8) is 0 Å². The van der Waals surface area contributed by atoms with Gasteiger partial charge in [0.2, 0.25) is 0 Å². The molecule has 0 amide bonds. The minimum Gasteiger partial charge on any atom is -0.458 e. The third kappa shape index (κ3) is 4.12. The Morgan fingerprint density at radius 1 is 1.00 bits per heavy atom. The molecule has 0 radical (unpaired) electrons. The van der Waals surface area contributed by atoms with Crippen molar-refractivity contribution in [3.8, 4) is 0 Å². The van der Waals surface area contributed by atoms with Crippen molar-refractivity contribution in [2.24, 2.45) is 0 Å². The number of ether oxygens (including phenoxy) is 1. The summed E-state index contributed by atoms with van der Waals surface area (Å²) in [4.78, 5) is 11.6. The molecule has 0 aliphatic heterocycles. The minimum absolute atomic E-state index is 0.0521. The standard InChI is InChI=1S/C16H12Cl2O2/c17-14-7-4-8-15(18)13(14)11-20-16(19)10-9-12-5-2-1-3-6-12/h1-10H,11H2/b10-9+. The molecule has 0 aromatic heterocycles. The van der Waals surface area contributed by atoms with Crippen LogP contribution in [-0.2, 0) is 16.1 Å². The predicted molar refractivity (Wildman–Crippen MR) is 81.7 cm³/mol. The van der Waals surface area contributed by atoms with E-state index in [1.54, 1.807) is 24.3 Å². The molecule has 0 saturated heterocycles. The van der Waals surface area contributed by atoms with Crippen molar-refractivity contribution in [1.82, 2.24) is 0 Å². The number of rotatable bonds is 4. The molecule has 0 aliphatic rings. The summed E-state index contributed by atoms with van der Waals surface area (Å²) in [5.41, 5.74) is 1.54. The second-order valence-electron chi connectivity index (χ2n) is 4.05. The van der Waals surface area contributed by atoms with Gasteiger partial charge in [-0.1, -0.05) is 59.6 Å². The Kier molecular flexibility index (Phi) is 5.22. The van der Waals surface area contributed by atoms with E-state index in [1.165, 1.54) is 6.08 Å². The quantitative estimate of drug-likeness (QED) is 0.602. The van der Waals surface area contributed by atoms with Crippen molar-refractivity contribution in [2.75, 3.05) is 0 Å². The van der Waals surface area contributed by atoms with E-state index in [1.807, 2.05) is 30.3 Å². The van der Waals surface area contributed by atoms with Crippen LogP contribution in [0.1, 0.15) is 11.1 Å². The van der Waals surface area contributed by atoms with Gasteiger partial charge in [0.25, 0.3) is 0 Å². The van der Waals surface area contributed by atoms with Crippen LogP contribution in [0, 0.1) is 0 Å². The van der Waals surface area contributed by atoms with Crippen molar-refractivity contribution in [1.29, 1.82) is 0 Å². The molecular weight excluding hydrogens is 295 g/mol. The predicted octanol–water partition coefficient (Wildman–Crippen LogP) is 4.75. The van der Waals surface area contributed by atoms with Crippen molar-refractivity contribution >= 4 is 35.2 Å². The van der Waals surface area contributed by atoms with Gasteiger partial charge in [-0.15, -0.1) is 0 Å². The number of hydrogen-bond acceptors (Lipinski definition) is 2. The van der Waals surface area contributed by atoms with Gasteiger partial charge >= 0.3 is 5.97 Å². The van der Waals surface area contributed by atoms with E-state index in [2.05, 4.69) is 0 Å². The smallest absolute Gasteiger partial charge is 0.331 e. The molecule has 0 bridgehead atoms. The van der Waals surface area contributed by atoms with Gasteiger partial charge in [-0.25, -0.2) is 4.79 Å². The molecule has 102 valence electrons. The molecule has 0 N–H and O–H groups in total. The fraction of sp³-hybridized carbons (Fsp3) is 0.0625. The molecule has 0 unspecified atom stereocenters. The lowest BCUT2D eigenvalue weighted by Crippen LogP contribution is -2.01. The van der Waals surface area contributed by atoms with Crippen molar-refractivity contribution < 1.29 is 9.53 Å². The number of halogens is 2. The van der Waals surface area contributed by atoms with E-state index in [0.29, 0.717) is 15.6 Å². The summed E-state index contributed by atoms with van der Waals surface area (Å²) >= 11 is 12.0. The first-order chi connectivity index (χ1) is 9.66. The number of hydrogen-bond donors (Lipinski definition) is 0. The van der Waals surface area contributed by atoms with Crippen LogP contribution in [0.4, 0.5) is 0 Å². The van der Waals surface area contributed by atoms with Gasteiger partial charge in [-0.3, -0.25) is 0 Å². The first kappa shape index (κ1) is 14.6. The lowest BCUT2D eigenvalue weighted by Gasteiger charge is -2.06. The molecule has 0 atom stereocenters. The van der Waals surface area contributed by atoms with Gasteiger partial charge in [0.05, 0.1) is 0 Å². The Balaban J connectivity index is 1.94.